The summed E-state index contributed by atoms with van der Waals surface area (Å²) in [6, 6.07) is 1.98. The van der Waals surface area contributed by atoms with E-state index < -0.39 is 30.6 Å². The van der Waals surface area contributed by atoms with Crippen LogP contribution in [0.5, 0.6) is 0 Å². The second-order valence-electron chi connectivity index (χ2n) is 5.29. The number of aliphatic hydroxyl groups excluding tert-OH is 3. The van der Waals surface area contributed by atoms with Crippen LogP contribution in [0.3, 0.4) is 0 Å². The van der Waals surface area contributed by atoms with E-state index in [2.05, 4.69) is 9.97 Å². The van der Waals surface area contributed by atoms with Crippen LogP contribution in [0.4, 0.5) is 5.82 Å². The average molecular weight is 320 g/mol. The minimum atomic E-state index is -1.33. The zero-order valence-corrected chi connectivity index (χ0v) is 11.9. The van der Waals surface area contributed by atoms with Crippen LogP contribution in [0.15, 0.2) is 12.5 Å². The maximum atomic E-state index is 10.2. The molecule has 122 valence electrons. The summed E-state index contributed by atoms with van der Waals surface area (Å²) in [7, 11) is 0. The molecule has 0 spiro atoms. The highest BCUT2D eigenvalue weighted by atomic mass is 16.6. The Labute approximate surface area is 130 Å². The van der Waals surface area contributed by atoms with Crippen molar-refractivity contribution >= 4 is 16.9 Å². The lowest BCUT2D eigenvalue weighted by Crippen LogP contribution is -2.42. The SMILES string of the molecule is N#Cc1cn([C@@H]2O[C@H]([C@H](O)CN)[C@H](O)[C@H]2O)c2ncnc(N)c12. The number of anilines is 1. The first-order valence-electron chi connectivity index (χ1n) is 6.90. The van der Waals surface area contributed by atoms with E-state index in [1.165, 1.54) is 17.1 Å². The molecule has 2 aromatic rings. The minimum absolute atomic E-state index is 0.122. The Morgan fingerprint density at radius 2 is 2.13 bits per heavy atom. The molecule has 0 aliphatic carbocycles. The van der Waals surface area contributed by atoms with Gasteiger partial charge in [-0.1, -0.05) is 0 Å². The largest absolute Gasteiger partial charge is 0.389 e. The standard InChI is InChI=1S/C13H16N6O4/c14-1-5-3-19(12-7(5)11(16)17-4-18-12)13-9(22)8(21)10(23-13)6(20)2-15/h3-4,6,8-10,13,20-22H,2,15H2,(H2,16,17,18)/t6-,8-,9-,10-,13-/m1/s1. The number of fused-ring (bicyclic) bond motifs is 1. The summed E-state index contributed by atoms with van der Waals surface area (Å²) in [5.74, 6) is 0.122. The van der Waals surface area contributed by atoms with Gasteiger partial charge in [0.05, 0.1) is 17.1 Å². The molecular weight excluding hydrogens is 304 g/mol. The van der Waals surface area contributed by atoms with Crippen LogP contribution in [0, 0.1) is 11.3 Å². The summed E-state index contributed by atoms with van der Waals surface area (Å²) in [6.07, 6.45) is -3.27. The number of nitrogen functional groups attached to an aromatic ring is 1. The van der Waals surface area contributed by atoms with Gasteiger partial charge in [-0.3, -0.25) is 0 Å². The predicted octanol–water partition coefficient (Wildman–Crippen LogP) is -2.18. The molecule has 5 atom stereocenters. The number of aliphatic hydroxyl groups is 3. The Kier molecular flexibility index (Phi) is 3.88. The van der Waals surface area contributed by atoms with Gasteiger partial charge in [0.25, 0.3) is 0 Å². The van der Waals surface area contributed by atoms with E-state index in [1.54, 1.807) is 0 Å². The molecule has 2 aromatic heterocycles. The maximum absolute atomic E-state index is 10.2. The molecule has 1 fully saturated rings. The van der Waals surface area contributed by atoms with Crippen LogP contribution >= 0.6 is 0 Å². The fourth-order valence-corrected chi connectivity index (χ4v) is 2.75. The summed E-state index contributed by atoms with van der Waals surface area (Å²) in [4.78, 5) is 7.90. The first kappa shape index (κ1) is 15.6. The molecule has 1 aliphatic heterocycles. The van der Waals surface area contributed by atoms with Crippen molar-refractivity contribution in [3.05, 3.63) is 18.1 Å². The summed E-state index contributed by atoms with van der Waals surface area (Å²) in [6.45, 7) is -0.133. The molecule has 7 N–H and O–H groups in total. The highest BCUT2D eigenvalue weighted by Gasteiger charge is 2.47. The maximum Gasteiger partial charge on any atom is 0.164 e. The quantitative estimate of drug-likeness (QED) is 0.421. The normalized spacial score (nSPS) is 28.8. The molecule has 0 bridgehead atoms. The Balaban J connectivity index is 2.08. The Morgan fingerprint density at radius 1 is 1.39 bits per heavy atom. The van der Waals surface area contributed by atoms with Crippen molar-refractivity contribution in [2.75, 3.05) is 12.3 Å². The van der Waals surface area contributed by atoms with Crippen LogP contribution in [0.1, 0.15) is 11.8 Å². The first-order valence-corrected chi connectivity index (χ1v) is 6.90. The van der Waals surface area contributed by atoms with E-state index in [0.717, 1.165) is 0 Å². The number of nitriles is 1. The molecule has 0 saturated carbocycles. The van der Waals surface area contributed by atoms with Crippen LogP contribution in [0.25, 0.3) is 11.0 Å². The van der Waals surface area contributed by atoms with Gasteiger partial charge in [-0.25, -0.2) is 9.97 Å². The molecule has 0 aromatic carbocycles. The van der Waals surface area contributed by atoms with Crippen molar-refractivity contribution in [3.63, 3.8) is 0 Å². The van der Waals surface area contributed by atoms with Crippen molar-refractivity contribution in [1.82, 2.24) is 14.5 Å². The number of ether oxygens (including phenoxy) is 1. The van der Waals surface area contributed by atoms with Gasteiger partial charge >= 0.3 is 0 Å². The van der Waals surface area contributed by atoms with Crippen LogP contribution < -0.4 is 11.5 Å². The van der Waals surface area contributed by atoms with E-state index in [9.17, 15) is 20.6 Å². The molecule has 0 radical (unpaired) electrons. The van der Waals surface area contributed by atoms with Gasteiger partial charge in [0.15, 0.2) is 6.23 Å². The smallest absolute Gasteiger partial charge is 0.164 e. The van der Waals surface area contributed by atoms with E-state index in [1.807, 2.05) is 6.07 Å². The summed E-state index contributed by atoms with van der Waals surface area (Å²) >= 11 is 0. The molecular formula is C13H16N6O4. The lowest BCUT2D eigenvalue weighted by Gasteiger charge is -2.19. The minimum Gasteiger partial charge on any atom is -0.389 e. The van der Waals surface area contributed by atoms with Crippen molar-refractivity contribution in [1.29, 1.82) is 5.26 Å². The fraction of sp³-hybridized carbons (Fsp3) is 0.462. The summed E-state index contributed by atoms with van der Waals surface area (Å²) in [5, 5.41) is 39.6. The zero-order chi connectivity index (χ0) is 16.7. The third-order valence-electron chi connectivity index (χ3n) is 3.93. The molecule has 1 aliphatic rings. The van der Waals surface area contributed by atoms with Gasteiger partial charge in [0.1, 0.15) is 42.2 Å². The lowest BCUT2D eigenvalue weighted by molar-refractivity contribution is -0.0801. The fourth-order valence-electron chi connectivity index (χ4n) is 2.75. The number of nitrogens with two attached hydrogens (primary N) is 2. The second-order valence-corrected chi connectivity index (χ2v) is 5.29. The van der Waals surface area contributed by atoms with E-state index in [0.29, 0.717) is 5.39 Å². The highest BCUT2D eigenvalue weighted by molar-refractivity contribution is 5.91. The van der Waals surface area contributed by atoms with Gasteiger partial charge in [0.2, 0.25) is 0 Å². The van der Waals surface area contributed by atoms with Gasteiger partial charge in [0, 0.05) is 12.7 Å². The number of nitrogens with zero attached hydrogens (tertiary/aromatic N) is 4. The number of rotatable bonds is 3. The number of hydrogen-bond acceptors (Lipinski definition) is 9. The number of aromatic nitrogens is 3. The third kappa shape index (κ3) is 2.31. The molecule has 10 nitrogen and oxygen atoms in total. The topological polar surface area (TPSA) is 176 Å². The zero-order valence-electron chi connectivity index (χ0n) is 11.9. The van der Waals surface area contributed by atoms with E-state index in [4.69, 9.17) is 16.2 Å². The van der Waals surface area contributed by atoms with Crippen LogP contribution in [-0.4, -0.2) is 60.8 Å². The predicted molar refractivity (Wildman–Crippen MR) is 77.6 cm³/mol. The first-order chi connectivity index (χ1) is 11.0. The van der Waals surface area contributed by atoms with Crippen LogP contribution in [-0.2, 0) is 4.74 Å². The molecule has 3 rings (SSSR count). The van der Waals surface area contributed by atoms with E-state index >= 15 is 0 Å². The average Bonchev–Trinajstić information content (AvgIpc) is 3.07. The molecule has 10 heteroatoms. The monoisotopic (exact) mass is 320 g/mol. The molecule has 3 heterocycles. The Bertz CT molecular complexity index is 772. The van der Waals surface area contributed by atoms with Gasteiger partial charge in [-0.05, 0) is 0 Å². The summed E-state index contributed by atoms with van der Waals surface area (Å²) < 4.78 is 6.94. The van der Waals surface area contributed by atoms with Crippen molar-refractivity contribution < 1.29 is 20.1 Å². The van der Waals surface area contributed by atoms with Crippen LogP contribution in [0.2, 0.25) is 0 Å². The molecule has 23 heavy (non-hydrogen) atoms. The third-order valence-corrected chi connectivity index (χ3v) is 3.93. The van der Waals surface area contributed by atoms with Gasteiger partial charge < -0.3 is 36.1 Å². The Hall–Kier alpha value is -2.29. The van der Waals surface area contributed by atoms with Crippen molar-refractivity contribution in [2.45, 2.75) is 30.6 Å². The lowest BCUT2D eigenvalue weighted by atomic mass is 10.1. The summed E-state index contributed by atoms with van der Waals surface area (Å²) in [5.41, 5.74) is 11.6. The van der Waals surface area contributed by atoms with Gasteiger partial charge in [-0.15, -0.1) is 0 Å². The Morgan fingerprint density at radius 3 is 2.78 bits per heavy atom. The van der Waals surface area contributed by atoms with E-state index in [-0.39, 0.29) is 23.6 Å². The van der Waals surface area contributed by atoms with Crippen molar-refractivity contribution in [3.8, 4) is 6.07 Å². The van der Waals surface area contributed by atoms with Crippen molar-refractivity contribution in [2.24, 2.45) is 5.73 Å². The molecule has 1 saturated heterocycles. The second kappa shape index (κ2) is 5.73. The number of hydrogen-bond donors (Lipinski definition) is 5. The van der Waals surface area contributed by atoms with Gasteiger partial charge in [-0.2, -0.15) is 5.26 Å². The molecule has 0 unspecified atom stereocenters. The molecule has 0 amide bonds. The highest BCUT2D eigenvalue weighted by Crippen LogP contribution is 2.35.